The summed E-state index contributed by atoms with van der Waals surface area (Å²) in [4.78, 5) is 29.7. The molecule has 0 radical (unpaired) electrons. The number of carbonyl (C=O) groups is 1. The van der Waals surface area contributed by atoms with E-state index in [0.29, 0.717) is 24.3 Å². The number of hydrogen-bond donors (Lipinski definition) is 0. The van der Waals surface area contributed by atoms with Crippen molar-refractivity contribution in [3.8, 4) is 0 Å². The number of nitro groups is 1. The minimum absolute atomic E-state index is 0.0450. The van der Waals surface area contributed by atoms with Crippen molar-refractivity contribution in [3.05, 3.63) is 69.8 Å². The van der Waals surface area contributed by atoms with Gasteiger partial charge < -0.3 is 9.80 Å². The van der Waals surface area contributed by atoms with Gasteiger partial charge in [-0.05, 0) is 24.1 Å². The largest absolute Gasteiger partial charge is 0.372 e. The molecule has 2 aromatic carbocycles. The molecule has 7 heteroatoms. The SMILES string of the molecule is CN(C)c1ccc(C(=O)N2CCCN(Cc3ccccc3)CC2)cc1[N+](=O)[O-]. The van der Waals surface area contributed by atoms with E-state index in [-0.39, 0.29) is 11.6 Å². The highest BCUT2D eigenvalue weighted by Crippen LogP contribution is 2.28. The maximum Gasteiger partial charge on any atom is 0.293 e. The van der Waals surface area contributed by atoms with Crippen molar-refractivity contribution in [2.75, 3.05) is 45.2 Å². The van der Waals surface area contributed by atoms with Gasteiger partial charge in [-0.15, -0.1) is 0 Å². The van der Waals surface area contributed by atoms with Gasteiger partial charge in [0, 0.05) is 58.4 Å². The lowest BCUT2D eigenvalue weighted by molar-refractivity contribution is -0.384. The van der Waals surface area contributed by atoms with Crippen LogP contribution >= 0.6 is 0 Å². The van der Waals surface area contributed by atoms with E-state index in [2.05, 4.69) is 17.0 Å². The van der Waals surface area contributed by atoms with Gasteiger partial charge in [0.1, 0.15) is 5.69 Å². The lowest BCUT2D eigenvalue weighted by Crippen LogP contribution is -2.35. The Labute approximate surface area is 165 Å². The van der Waals surface area contributed by atoms with Crippen LogP contribution in [0.4, 0.5) is 11.4 Å². The average molecular weight is 382 g/mol. The Morgan fingerprint density at radius 1 is 1.07 bits per heavy atom. The smallest absolute Gasteiger partial charge is 0.293 e. The molecule has 0 spiro atoms. The van der Waals surface area contributed by atoms with E-state index in [1.165, 1.54) is 11.6 Å². The lowest BCUT2D eigenvalue weighted by Gasteiger charge is -2.22. The first-order valence-corrected chi connectivity index (χ1v) is 9.47. The molecule has 0 N–H and O–H groups in total. The first-order valence-electron chi connectivity index (χ1n) is 9.47. The summed E-state index contributed by atoms with van der Waals surface area (Å²) < 4.78 is 0. The summed E-state index contributed by atoms with van der Waals surface area (Å²) >= 11 is 0. The zero-order valence-electron chi connectivity index (χ0n) is 16.4. The summed E-state index contributed by atoms with van der Waals surface area (Å²) in [6, 6.07) is 15.0. The van der Waals surface area contributed by atoms with Gasteiger partial charge in [-0.3, -0.25) is 19.8 Å². The van der Waals surface area contributed by atoms with Crippen LogP contribution in [0.3, 0.4) is 0 Å². The van der Waals surface area contributed by atoms with Gasteiger partial charge in [0.25, 0.3) is 11.6 Å². The average Bonchev–Trinajstić information content (AvgIpc) is 2.93. The molecule has 28 heavy (non-hydrogen) atoms. The number of carbonyl (C=O) groups excluding carboxylic acids is 1. The van der Waals surface area contributed by atoms with E-state index < -0.39 is 4.92 Å². The van der Waals surface area contributed by atoms with Crippen molar-refractivity contribution in [1.29, 1.82) is 0 Å². The molecule has 0 atom stereocenters. The molecule has 2 aromatic rings. The molecule has 1 amide bonds. The predicted molar refractivity (Wildman–Crippen MR) is 110 cm³/mol. The maximum absolute atomic E-state index is 12.9. The van der Waals surface area contributed by atoms with Crippen LogP contribution in [-0.4, -0.2) is 60.9 Å². The van der Waals surface area contributed by atoms with Crippen molar-refractivity contribution in [2.45, 2.75) is 13.0 Å². The van der Waals surface area contributed by atoms with Crippen molar-refractivity contribution in [1.82, 2.24) is 9.80 Å². The van der Waals surface area contributed by atoms with Gasteiger partial charge in [0.15, 0.2) is 0 Å². The molecular formula is C21H26N4O3. The second-order valence-corrected chi connectivity index (χ2v) is 7.26. The second-order valence-electron chi connectivity index (χ2n) is 7.26. The fourth-order valence-corrected chi connectivity index (χ4v) is 3.54. The Balaban J connectivity index is 1.69. The van der Waals surface area contributed by atoms with Gasteiger partial charge >= 0.3 is 0 Å². The molecule has 1 aliphatic heterocycles. The van der Waals surface area contributed by atoms with E-state index in [0.717, 1.165) is 26.1 Å². The minimum atomic E-state index is -0.434. The van der Waals surface area contributed by atoms with Crippen molar-refractivity contribution in [3.63, 3.8) is 0 Å². The molecule has 7 nitrogen and oxygen atoms in total. The van der Waals surface area contributed by atoms with Gasteiger partial charge in [0.2, 0.25) is 0 Å². The summed E-state index contributed by atoms with van der Waals surface area (Å²) in [6.45, 7) is 3.87. The van der Waals surface area contributed by atoms with E-state index in [9.17, 15) is 14.9 Å². The van der Waals surface area contributed by atoms with Crippen LogP contribution in [0.5, 0.6) is 0 Å². The zero-order valence-corrected chi connectivity index (χ0v) is 16.4. The molecule has 0 unspecified atom stereocenters. The van der Waals surface area contributed by atoms with Gasteiger partial charge in [-0.2, -0.15) is 0 Å². The summed E-state index contributed by atoms with van der Waals surface area (Å²) in [5.74, 6) is -0.144. The van der Waals surface area contributed by atoms with E-state index in [1.807, 2.05) is 18.2 Å². The van der Waals surface area contributed by atoms with E-state index in [1.54, 1.807) is 36.0 Å². The normalized spacial score (nSPS) is 15.1. The molecular weight excluding hydrogens is 356 g/mol. The highest BCUT2D eigenvalue weighted by Gasteiger charge is 2.24. The second kappa shape index (κ2) is 8.84. The monoisotopic (exact) mass is 382 g/mol. The van der Waals surface area contributed by atoms with Gasteiger partial charge in [0.05, 0.1) is 4.92 Å². The number of anilines is 1. The lowest BCUT2D eigenvalue weighted by atomic mass is 10.1. The number of nitrogens with zero attached hydrogens (tertiary/aromatic N) is 4. The number of nitro benzene ring substituents is 1. The molecule has 0 aliphatic carbocycles. The van der Waals surface area contributed by atoms with Crippen LogP contribution in [0.25, 0.3) is 0 Å². The number of amides is 1. The van der Waals surface area contributed by atoms with Crippen LogP contribution in [0.15, 0.2) is 48.5 Å². The van der Waals surface area contributed by atoms with Crippen LogP contribution in [0.2, 0.25) is 0 Å². The topological polar surface area (TPSA) is 69.9 Å². The minimum Gasteiger partial charge on any atom is -0.372 e. The van der Waals surface area contributed by atoms with Crippen LogP contribution < -0.4 is 4.90 Å². The molecule has 1 fully saturated rings. The summed E-state index contributed by atoms with van der Waals surface area (Å²) in [5.41, 5.74) is 2.08. The first-order chi connectivity index (χ1) is 13.5. The zero-order chi connectivity index (χ0) is 20.1. The summed E-state index contributed by atoms with van der Waals surface area (Å²) in [5, 5.41) is 11.4. The van der Waals surface area contributed by atoms with Crippen LogP contribution in [0.1, 0.15) is 22.3 Å². The predicted octanol–water partition coefficient (Wildman–Crippen LogP) is 3.01. The van der Waals surface area contributed by atoms with Gasteiger partial charge in [-0.1, -0.05) is 30.3 Å². The Kier molecular flexibility index (Phi) is 6.26. The highest BCUT2D eigenvalue weighted by atomic mass is 16.6. The molecule has 148 valence electrons. The fourth-order valence-electron chi connectivity index (χ4n) is 3.54. The molecule has 0 saturated carbocycles. The Hall–Kier alpha value is -2.93. The molecule has 1 heterocycles. The Morgan fingerprint density at radius 3 is 2.50 bits per heavy atom. The molecule has 1 aliphatic rings. The van der Waals surface area contributed by atoms with Crippen LogP contribution in [0, 0.1) is 10.1 Å². The molecule has 0 aromatic heterocycles. The summed E-state index contributed by atoms with van der Waals surface area (Å²) in [6.07, 6.45) is 0.885. The van der Waals surface area contributed by atoms with E-state index >= 15 is 0 Å². The van der Waals surface area contributed by atoms with Gasteiger partial charge in [-0.25, -0.2) is 0 Å². The number of rotatable bonds is 5. The number of benzene rings is 2. The van der Waals surface area contributed by atoms with Crippen LogP contribution in [-0.2, 0) is 6.54 Å². The Bertz CT molecular complexity index is 839. The molecule has 3 rings (SSSR count). The quantitative estimate of drug-likeness (QED) is 0.587. The summed E-state index contributed by atoms with van der Waals surface area (Å²) in [7, 11) is 3.50. The van der Waals surface area contributed by atoms with Crippen molar-refractivity contribution in [2.24, 2.45) is 0 Å². The molecule has 0 bridgehead atoms. The van der Waals surface area contributed by atoms with Crippen molar-refractivity contribution < 1.29 is 9.72 Å². The molecule has 1 saturated heterocycles. The third kappa shape index (κ3) is 4.67. The first kappa shape index (κ1) is 19.8. The maximum atomic E-state index is 12.9. The number of hydrogen-bond acceptors (Lipinski definition) is 5. The van der Waals surface area contributed by atoms with E-state index in [4.69, 9.17) is 0 Å². The standard InChI is InChI=1S/C21H26N4O3/c1-22(2)19-10-9-18(15-20(19)25(27)28)21(26)24-12-6-11-23(13-14-24)16-17-7-4-3-5-8-17/h3-5,7-10,15H,6,11-14,16H2,1-2H3. The van der Waals surface area contributed by atoms with Crippen molar-refractivity contribution >= 4 is 17.3 Å². The third-order valence-electron chi connectivity index (χ3n) is 5.03. The third-order valence-corrected chi connectivity index (χ3v) is 5.03. The highest BCUT2D eigenvalue weighted by molar-refractivity contribution is 5.95. The fraction of sp³-hybridized carbons (Fsp3) is 0.381. The Morgan fingerprint density at radius 2 is 1.82 bits per heavy atom.